The fourth-order valence-corrected chi connectivity index (χ4v) is 0.658. The zero-order valence-corrected chi connectivity index (χ0v) is 7.80. The minimum atomic E-state index is -0.324. The van der Waals surface area contributed by atoms with Gasteiger partial charge in [-0.25, -0.2) is 4.79 Å². The van der Waals surface area contributed by atoms with Crippen LogP contribution < -0.4 is 0 Å². The van der Waals surface area contributed by atoms with Gasteiger partial charge in [-0.3, -0.25) is 0 Å². The summed E-state index contributed by atoms with van der Waals surface area (Å²) in [5, 5.41) is 0. The van der Waals surface area contributed by atoms with Crippen LogP contribution in [0.25, 0.3) is 0 Å². The Balaban J connectivity index is 3.73. The second-order valence-electron chi connectivity index (χ2n) is 2.78. The molecule has 0 bridgehead atoms. The van der Waals surface area contributed by atoms with Gasteiger partial charge >= 0.3 is 5.97 Å². The molecule has 0 N–H and O–H groups in total. The van der Waals surface area contributed by atoms with Crippen LogP contribution in [-0.2, 0) is 9.53 Å². The van der Waals surface area contributed by atoms with Crippen molar-refractivity contribution in [2.24, 2.45) is 5.92 Å². The van der Waals surface area contributed by atoms with Gasteiger partial charge in [0.25, 0.3) is 0 Å². The van der Waals surface area contributed by atoms with Gasteiger partial charge < -0.3 is 4.74 Å². The second-order valence-corrected chi connectivity index (χ2v) is 2.78. The smallest absolute Gasteiger partial charge is 0.333 e. The molecule has 0 fully saturated rings. The van der Waals surface area contributed by atoms with Gasteiger partial charge in [-0.1, -0.05) is 19.6 Å². The van der Waals surface area contributed by atoms with Gasteiger partial charge in [-0.2, -0.15) is 0 Å². The molecule has 0 aromatic carbocycles. The van der Waals surface area contributed by atoms with Gasteiger partial charge in [0.15, 0.2) is 0 Å². The Hall–Kier alpha value is -1.05. The average Bonchev–Trinajstić information content (AvgIpc) is 2.05. The molecule has 0 aromatic rings. The summed E-state index contributed by atoms with van der Waals surface area (Å²) in [4.78, 5) is 10.9. The first-order chi connectivity index (χ1) is 5.61. The van der Waals surface area contributed by atoms with E-state index in [9.17, 15) is 4.79 Å². The van der Waals surface area contributed by atoms with Crippen molar-refractivity contribution in [3.05, 3.63) is 24.8 Å². The predicted molar refractivity (Wildman–Crippen MR) is 49.8 cm³/mol. The fourth-order valence-electron chi connectivity index (χ4n) is 0.658. The summed E-state index contributed by atoms with van der Waals surface area (Å²) in [6.07, 6.45) is 2.73. The molecule has 0 saturated heterocycles. The Morgan fingerprint density at radius 2 is 2.25 bits per heavy atom. The van der Waals surface area contributed by atoms with Crippen LogP contribution in [0.1, 0.15) is 20.3 Å². The topological polar surface area (TPSA) is 26.3 Å². The first-order valence-electron chi connectivity index (χ1n) is 4.07. The molecule has 0 radical (unpaired) electrons. The van der Waals surface area contributed by atoms with Crippen molar-refractivity contribution >= 4 is 5.97 Å². The monoisotopic (exact) mass is 168 g/mol. The molecule has 0 aliphatic rings. The molecule has 0 heterocycles. The van der Waals surface area contributed by atoms with Crippen LogP contribution in [0, 0.1) is 5.92 Å². The van der Waals surface area contributed by atoms with Crippen LogP contribution in [0.3, 0.4) is 0 Å². The molecule has 0 aromatic heterocycles. The van der Waals surface area contributed by atoms with Crippen LogP contribution in [0.5, 0.6) is 0 Å². The lowest BCUT2D eigenvalue weighted by atomic mass is 10.1. The molecular weight excluding hydrogens is 152 g/mol. The maximum absolute atomic E-state index is 10.9. The first kappa shape index (κ1) is 11.0. The quantitative estimate of drug-likeness (QED) is 0.358. The summed E-state index contributed by atoms with van der Waals surface area (Å²) in [5.74, 6) is -0.0661. The molecule has 0 saturated carbocycles. The molecule has 0 aliphatic heterocycles. The molecule has 2 nitrogen and oxygen atoms in total. The Morgan fingerprint density at radius 3 is 2.58 bits per heavy atom. The third-order valence-electron chi connectivity index (χ3n) is 1.63. The standard InChI is InChI=1S/C10H16O2/c1-5-9(6-2)7-12-10(11)8(3)4/h5,9H,1,3,6-7H2,2,4H3. The van der Waals surface area contributed by atoms with Gasteiger partial charge in [-0.15, -0.1) is 6.58 Å². The summed E-state index contributed by atoms with van der Waals surface area (Å²) >= 11 is 0. The molecule has 1 atom stereocenters. The zero-order chi connectivity index (χ0) is 9.56. The van der Waals surface area contributed by atoms with Crippen LogP contribution in [-0.4, -0.2) is 12.6 Å². The normalized spacial score (nSPS) is 11.8. The summed E-state index contributed by atoms with van der Waals surface area (Å²) < 4.78 is 4.94. The van der Waals surface area contributed by atoms with Crippen molar-refractivity contribution in [2.45, 2.75) is 20.3 Å². The molecule has 2 heteroatoms. The third kappa shape index (κ3) is 3.96. The lowest BCUT2D eigenvalue weighted by molar-refractivity contribution is -0.139. The zero-order valence-electron chi connectivity index (χ0n) is 7.80. The van der Waals surface area contributed by atoms with Gasteiger partial charge in [0.2, 0.25) is 0 Å². The van der Waals surface area contributed by atoms with Gasteiger partial charge in [-0.05, 0) is 13.3 Å². The van der Waals surface area contributed by atoms with Crippen LogP contribution in [0.4, 0.5) is 0 Å². The van der Waals surface area contributed by atoms with E-state index in [1.807, 2.05) is 6.92 Å². The molecule has 1 unspecified atom stereocenters. The van der Waals surface area contributed by atoms with Crippen LogP contribution in [0.15, 0.2) is 24.8 Å². The molecule has 68 valence electrons. The predicted octanol–water partition coefficient (Wildman–Crippen LogP) is 2.32. The maximum Gasteiger partial charge on any atom is 0.333 e. The van der Waals surface area contributed by atoms with Crippen molar-refractivity contribution < 1.29 is 9.53 Å². The molecule has 0 rings (SSSR count). The summed E-state index contributed by atoms with van der Waals surface area (Å²) in [6, 6.07) is 0. The number of rotatable bonds is 5. The van der Waals surface area contributed by atoms with Gasteiger partial charge in [0.1, 0.15) is 0 Å². The number of hydrogen-bond acceptors (Lipinski definition) is 2. The van der Waals surface area contributed by atoms with E-state index >= 15 is 0 Å². The lowest BCUT2D eigenvalue weighted by Gasteiger charge is -2.09. The molecule has 12 heavy (non-hydrogen) atoms. The van der Waals surface area contributed by atoms with E-state index in [0.29, 0.717) is 12.2 Å². The highest BCUT2D eigenvalue weighted by molar-refractivity contribution is 5.86. The molecule has 0 amide bonds. The number of esters is 1. The van der Waals surface area contributed by atoms with E-state index in [1.165, 1.54) is 0 Å². The number of carbonyl (C=O) groups excluding carboxylic acids is 1. The van der Waals surface area contributed by atoms with Crippen molar-refractivity contribution in [3.8, 4) is 0 Å². The minimum absolute atomic E-state index is 0.258. The van der Waals surface area contributed by atoms with Crippen molar-refractivity contribution in [3.63, 3.8) is 0 Å². The fraction of sp³-hybridized carbons (Fsp3) is 0.500. The van der Waals surface area contributed by atoms with E-state index < -0.39 is 0 Å². The molecule has 0 spiro atoms. The molecule has 0 aliphatic carbocycles. The Kier molecular flexibility index (Phi) is 5.09. The van der Waals surface area contributed by atoms with Gasteiger partial charge in [0, 0.05) is 11.5 Å². The van der Waals surface area contributed by atoms with E-state index in [0.717, 1.165) is 6.42 Å². The van der Waals surface area contributed by atoms with Crippen LogP contribution in [0.2, 0.25) is 0 Å². The largest absolute Gasteiger partial charge is 0.462 e. The van der Waals surface area contributed by atoms with Gasteiger partial charge in [0.05, 0.1) is 6.61 Å². The van der Waals surface area contributed by atoms with E-state index in [-0.39, 0.29) is 11.9 Å². The third-order valence-corrected chi connectivity index (χ3v) is 1.63. The van der Waals surface area contributed by atoms with Crippen molar-refractivity contribution in [2.75, 3.05) is 6.61 Å². The Bertz CT molecular complexity index is 182. The summed E-state index contributed by atoms with van der Waals surface area (Å²) in [6.45, 7) is 11.2. The highest BCUT2D eigenvalue weighted by Gasteiger charge is 2.06. The highest BCUT2D eigenvalue weighted by atomic mass is 16.5. The van der Waals surface area contributed by atoms with E-state index in [4.69, 9.17) is 4.74 Å². The Morgan fingerprint density at radius 1 is 1.67 bits per heavy atom. The summed E-state index contributed by atoms with van der Waals surface area (Å²) in [5.41, 5.74) is 0.439. The Labute approximate surface area is 73.9 Å². The molecular formula is C10H16O2. The van der Waals surface area contributed by atoms with Crippen LogP contribution >= 0.6 is 0 Å². The number of hydrogen-bond donors (Lipinski definition) is 0. The highest BCUT2D eigenvalue weighted by Crippen LogP contribution is 2.05. The summed E-state index contributed by atoms with van der Waals surface area (Å²) in [7, 11) is 0. The van der Waals surface area contributed by atoms with E-state index in [1.54, 1.807) is 13.0 Å². The number of ether oxygens (including phenoxy) is 1. The van der Waals surface area contributed by atoms with E-state index in [2.05, 4.69) is 13.2 Å². The SMILES string of the molecule is C=CC(CC)COC(=O)C(=C)C. The average molecular weight is 168 g/mol. The first-order valence-corrected chi connectivity index (χ1v) is 4.07. The van der Waals surface area contributed by atoms with Crippen molar-refractivity contribution in [1.29, 1.82) is 0 Å². The number of carbonyl (C=O) groups is 1. The van der Waals surface area contributed by atoms with Crippen molar-refractivity contribution in [1.82, 2.24) is 0 Å². The minimum Gasteiger partial charge on any atom is -0.462 e. The lowest BCUT2D eigenvalue weighted by Crippen LogP contribution is -2.12. The maximum atomic E-state index is 10.9. The second kappa shape index (κ2) is 5.58.